The number of aromatic nitrogens is 1. The number of benzene rings is 1. The topological polar surface area (TPSA) is 83.7 Å². The number of nitrogens with one attached hydrogen (secondary N) is 2. The molecular formula is C20H27N3O4. The Balaban J connectivity index is 1.77. The molecule has 0 spiro atoms. The van der Waals surface area contributed by atoms with E-state index in [9.17, 15) is 9.59 Å². The van der Waals surface area contributed by atoms with E-state index in [0.29, 0.717) is 13.1 Å². The molecule has 0 aliphatic carbocycles. The summed E-state index contributed by atoms with van der Waals surface area (Å²) >= 11 is 0. The van der Waals surface area contributed by atoms with Gasteiger partial charge in [0.15, 0.2) is 0 Å². The number of H-pyrrole nitrogens is 1. The van der Waals surface area contributed by atoms with Gasteiger partial charge in [-0.3, -0.25) is 0 Å². The van der Waals surface area contributed by atoms with Gasteiger partial charge in [0.1, 0.15) is 11.8 Å². The highest BCUT2D eigenvalue weighted by atomic mass is 16.5. The van der Waals surface area contributed by atoms with Crippen LogP contribution in [0.2, 0.25) is 0 Å². The lowest BCUT2D eigenvalue weighted by Crippen LogP contribution is -2.51. The quantitative estimate of drug-likeness (QED) is 0.790. The number of fused-ring (bicyclic) bond motifs is 3. The van der Waals surface area contributed by atoms with Crippen LogP contribution in [0, 0.1) is 5.92 Å². The first-order valence-corrected chi connectivity index (χ1v) is 9.29. The van der Waals surface area contributed by atoms with Crippen molar-refractivity contribution < 1.29 is 19.1 Å². The molecule has 2 atom stereocenters. The lowest BCUT2D eigenvalue weighted by atomic mass is 9.99. The van der Waals surface area contributed by atoms with Crippen LogP contribution in [0.15, 0.2) is 18.2 Å². The van der Waals surface area contributed by atoms with E-state index in [1.54, 1.807) is 12.0 Å². The van der Waals surface area contributed by atoms with Crippen molar-refractivity contribution >= 4 is 22.9 Å². The van der Waals surface area contributed by atoms with Gasteiger partial charge in [-0.05, 0) is 36.1 Å². The third-order valence-electron chi connectivity index (χ3n) is 5.42. The van der Waals surface area contributed by atoms with Crippen molar-refractivity contribution in [1.82, 2.24) is 15.2 Å². The van der Waals surface area contributed by atoms with Crippen LogP contribution in [-0.4, -0.2) is 48.7 Å². The summed E-state index contributed by atoms with van der Waals surface area (Å²) in [7, 11) is 3.00. The molecule has 2 N–H and O–H groups in total. The van der Waals surface area contributed by atoms with Crippen LogP contribution in [0.25, 0.3) is 10.9 Å². The number of ether oxygens (including phenoxy) is 2. The fourth-order valence-electron chi connectivity index (χ4n) is 3.54. The number of amides is 2. The highest BCUT2D eigenvalue weighted by Gasteiger charge is 2.30. The summed E-state index contributed by atoms with van der Waals surface area (Å²) in [6.45, 7) is 4.99. The molecule has 3 rings (SSSR count). The van der Waals surface area contributed by atoms with Crippen molar-refractivity contribution in [3.8, 4) is 5.75 Å². The van der Waals surface area contributed by atoms with E-state index in [4.69, 9.17) is 9.47 Å². The Morgan fingerprint density at radius 3 is 2.78 bits per heavy atom. The normalized spacial score (nSPS) is 15.8. The first-order chi connectivity index (χ1) is 13.0. The Labute approximate surface area is 159 Å². The zero-order chi connectivity index (χ0) is 19.6. The molecule has 1 aliphatic heterocycles. The minimum Gasteiger partial charge on any atom is -0.497 e. The molecule has 1 aliphatic rings. The lowest BCUT2D eigenvalue weighted by molar-refractivity contribution is -0.144. The van der Waals surface area contributed by atoms with Crippen LogP contribution in [-0.2, 0) is 22.5 Å². The summed E-state index contributed by atoms with van der Waals surface area (Å²) < 4.78 is 10.2. The Kier molecular flexibility index (Phi) is 5.58. The zero-order valence-electron chi connectivity index (χ0n) is 16.3. The van der Waals surface area contributed by atoms with Crippen LogP contribution in [0.3, 0.4) is 0 Å². The average molecular weight is 373 g/mol. The minimum absolute atomic E-state index is 0.00212. The van der Waals surface area contributed by atoms with Crippen LogP contribution in [0.4, 0.5) is 4.79 Å². The van der Waals surface area contributed by atoms with Crippen LogP contribution in [0.5, 0.6) is 5.75 Å². The highest BCUT2D eigenvalue weighted by molar-refractivity contribution is 5.87. The summed E-state index contributed by atoms with van der Waals surface area (Å²) in [6, 6.07) is 5.06. The van der Waals surface area contributed by atoms with Crippen LogP contribution in [0.1, 0.15) is 31.5 Å². The molecule has 0 bridgehead atoms. The molecule has 0 saturated heterocycles. The predicted octanol–water partition coefficient (Wildman–Crippen LogP) is 2.83. The number of nitrogens with zero attached hydrogens (tertiary/aromatic N) is 1. The predicted molar refractivity (Wildman–Crippen MR) is 103 cm³/mol. The largest absolute Gasteiger partial charge is 0.497 e. The van der Waals surface area contributed by atoms with Gasteiger partial charge in [0.25, 0.3) is 0 Å². The molecule has 146 valence electrons. The molecule has 2 heterocycles. The number of carbonyl (C=O) groups excluding carboxylic acids is 2. The molecule has 0 radical (unpaired) electrons. The second-order valence-corrected chi connectivity index (χ2v) is 7.00. The van der Waals surface area contributed by atoms with Gasteiger partial charge in [-0.2, -0.15) is 0 Å². The monoisotopic (exact) mass is 373 g/mol. The van der Waals surface area contributed by atoms with E-state index >= 15 is 0 Å². The number of methoxy groups -OCH3 is 2. The van der Waals surface area contributed by atoms with E-state index in [1.807, 2.05) is 32.0 Å². The number of urea groups is 1. The molecule has 2 aromatic rings. The molecular weight excluding hydrogens is 346 g/mol. The Bertz CT molecular complexity index is 845. The maximum absolute atomic E-state index is 12.7. The fraction of sp³-hybridized carbons (Fsp3) is 0.500. The third-order valence-corrected chi connectivity index (χ3v) is 5.42. The lowest BCUT2D eigenvalue weighted by Gasteiger charge is -2.30. The number of aromatic amines is 1. The van der Waals surface area contributed by atoms with Gasteiger partial charge in [-0.1, -0.05) is 20.3 Å². The summed E-state index contributed by atoms with van der Waals surface area (Å²) in [4.78, 5) is 29.9. The van der Waals surface area contributed by atoms with Gasteiger partial charge in [0.05, 0.1) is 20.8 Å². The average Bonchev–Trinajstić information content (AvgIpc) is 3.07. The van der Waals surface area contributed by atoms with E-state index < -0.39 is 12.0 Å². The number of carbonyl (C=O) groups is 2. The summed E-state index contributed by atoms with van der Waals surface area (Å²) in [5.41, 5.74) is 3.28. The van der Waals surface area contributed by atoms with Crippen molar-refractivity contribution in [3.05, 3.63) is 29.5 Å². The van der Waals surface area contributed by atoms with Gasteiger partial charge in [-0.15, -0.1) is 0 Å². The number of hydrogen-bond acceptors (Lipinski definition) is 4. The fourth-order valence-corrected chi connectivity index (χ4v) is 3.54. The Morgan fingerprint density at radius 1 is 1.33 bits per heavy atom. The van der Waals surface area contributed by atoms with Crippen LogP contribution >= 0.6 is 0 Å². The molecule has 0 saturated carbocycles. The van der Waals surface area contributed by atoms with Crippen molar-refractivity contribution in [2.24, 2.45) is 5.92 Å². The van der Waals surface area contributed by atoms with E-state index in [2.05, 4.69) is 10.3 Å². The second kappa shape index (κ2) is 7.90. The van der Waals surface area contributed by atoms with Gasteiger partial charge in [0.2, 0.25) is 0 Å². The summed E-state index contributed by atoms with van der Waals surface area (Å²) in [5, 5.41) is 3.99. The standard InChI is InChI=1S/C20H27N3O4/c1-5-12(2)18(19(24)27-4)22-20(25)23-9-8-14-15-10-13(26-3)6-7-16(15)21-17(14)11-23/h6-7,10,12,18,21H,5,8-9,11H2,1-4H3,(H,22,25). The molecule has 27 heavy (non-hydrogen) atoms. The molecule has 7 heteroatoms. The number of hydrogen-bond donors (Lipinski definition) is 2. The van der Waals surface area contributed by atoms with Crippen molar-refractivity contribution in [3.63, 3.8) is 0 Å². The summed E-state index contributed by atoms with van der Waals surface area (Å²) in [5.74, 6) is 0.411. The molecule has 2 amide bonds. The van der Waals surface area contributed by atoms with Gasteiger partial charge in [-0.25, -0.2) is 9.59 Å². The molecule has 2 unspecified atom stereocenters. The first-order valence-electron chi connectivity index (χ1n) is 9.29. The SMILES string of the molecule is CCC(C)C(NC(=O)N1CCc2c([nH]c3ccc(OC)cc23)C1)C(=O)OC. The van der Waals surface area contributed by atoms with E-state index in [-0.39, 0.29) is 11.9 Å². The van der Waals surface area contributed by atoms with Crippen molar-refractivity contribution in [1.29, 1.82) is 0 Å². The van der Waals surface area contributed by atoms with Gasteiger partial charge in [0, 0.05) is 23.1 Å². The molecule has 1 aromatic carbocycles. The summed E-state index contributed by atoms with van der Waals surface area (Å²) in [6.07, 6.45) is 1.52. The smallest absolute Gasteiger partial charge is 0.328 e. The maximum Gasteiger partial charge on any atom is 0.328 e. The van der Waals surface area contributed by atoms with Gasteiger partial charge >= 0.3 is 12.0 Å². The minimum atomic E-state index is -0.638. The van der Waals surface area contributed by atoms with Crippen molar-refractivity contribution in [2.45, 2.75) is 39.3 Å². The van der Waals surface area contributed by atoms with Gasteiger partial charge < -0.3 is 24.7 Å². The van der Waals surface area contributed by atoms with E-state index in [1.165, 1.54) is 12.7 Å². The van der Waals surface area contributed by atoms with Crippen molar-refractivity contribution in [2.75, 3.05) is 20.8 Å². The Hall–Kier alpha value is -2.70. The van der Waals surface area contributed by atoms with E-state index in [0.717, 1.165) is 35.2 Å². The molecule has 7 nitrogen and oxygen atoms in total. The highest BCUT2D eigenvalue weighted by Crippen LogP contribution is 2.30. The molecule has 1 aromatic heterocycles. The third kappa shape index (κ3) is 3.72. The number of esters is 1. The first kappa shape index (κ1) is 19.1. The number of rotatable bonds is 5. The molecule has 0 fully saturated rings. The second-order valence-electron chi connectivity index (χ2n) is 7.00. The van der Waals surface area contributed by atoms with Crippen LogP contribution < -0.4 is 10.1 Å². The Morgan fingerprint density at radius 2 is 2.11 bits per heavy atom. The zero-order valence-corrected chi connectivity index (χ0v) is 16.3. The maximum atomic E-state index is 12.7.